The molecule has 0 heterocycles. The maximum atomic E-state index is 10.3. The van der Waals surface area contributed by atoms with Gasteiger partial charge in [0.2, 0.25) is 0 Å². The lowest BCUT2D eigenvalue weighted by molar-refractivity contribution is 0.282. The van der Waals surface area contributed by atoms with Gasteiger partial charge in [-0.15, -0.1) is 0 Å². The van der Waals surface area contributed by atoms with Gasteiger partial charge in [-0.1, -0.05) is 12.1 Å². The van der Waals surface area contributed by atoms with E-state index in [4.69, 9.17) is 5.11 Å². The van der Waals surface area contributed by atoms with Gasteiger partial charge < -0.3 is 9.66 Å². The molecule has 3 nitrogen and oxygen atoms in total. The lowest BCUT2D eigenvalue weighted by Gasteiger charge is -2.04. The van der Waals surface area contributed by atoms with E-state index in [0.717, 1.165) is 0 Å². The maximum Gasteiger partial charge on any atom is 0.0681 e. The number of hydrogen-bond donors (Lipinski definition) is 1. The van der Waals surface area contributed by atoms with E-state index >= 15 is 0 Å². The standard InChI is InChI=1S/C7H8O3S/c8-5-6-1-3-7(4-2-6)11(9)10/h1-4,8H,5H2,(H,9,10)/p-1. The van der Waals surface area contributed by atoms with E-state index in [9.17, 15) is 8.76 Å². The zero-order chi connectivity index (χ0) is 8.27. The summed E-state index contributed by atoms with van der Waals surface area (Å²) in [4.78, 5) is 0.238. The molecule has 0 fully saturated rings. The number of hydrogen-bond acceptors (Lipinski definition) is 3. The van der Waals surface area contributed by atoms with Crippen molar-refractivity contribution in [2.24, 2.45) is 0 Å². The van der Waals surface area contributed by atoms with Crippen molar-refractivity contribution in [1.29, 1.82) is 0 Å². The predicted octanol–water partition coefficient (Wildman–Crippen LogP) is 0.417. The van der Waals surface area contributed by atoms with Gasteiger partial charge in [0.1, 0.15) is 0 Å². The van der Waals surface area contributed by atoms with Crippen LogP contribution in [-0.4, -0.2) is 13.9 Å². The Bertz CT molecular complexity index is 255. The first-order chi connectivity index (χ1) is 5.24. The van der Waals surface area contributed by atoms with Crippen molar-refractivity contribution in [3.63, 3.8) is 0 Å². The fourth-order valence-electron chi connectivity index (χ4n) is 0.706. The summed E-state index contributed by atoms with van der Waals surface area (Å²) in [6.45, 7) is -0.0637. The van der Waals surface area contributed by atoms with Gasteiger partial charge in [0.15, 0.2) is 0 Å². The molecule has 4 heteroatoms. The molecule has 0 aliphatic rings. The molecular weight excluding hydrogens is 164 g/mol. The lowest BCUT2D eigenvalue weighted by Crippen LogP contribution is -1.89. The van der Waals surface area contributed by atoms with Crippen LogP contribution in [0.2, 0.25) is 0 Å². The fraction of sp³-hybridized carbons (Fsp3) is 0.143. The van der Waals surface area contributed by atoms with E-state index in [0.29, 0.717) is 5.56 Å². The zero-order valence-electron chi connectivity index (χ0n) is 5.69. The Morgan fingerprint density at radius 3 is 2.27 bits per heavy atom. The molecule has 1 rings (SSSR count). The second kappa shape index (κ2) is 3.61. The van der Waals surface area contributed by atoms with Crippen molar-refractivity contribution < 1.29 is 13.9 Å². The Morgan fingerprint density at radius 1 is 1.36 bits per heavy atom. The van der Waals surface area contributed by atoms with E-state index in [2.05, 4.69) is 0 Å². The third-order valence-corrected chi connectivity index (χ3v) is 1.96. The van der Waals surface area contributed by atoms with Crippen LogP contribution in [0.1, 0.15) is 5.56 Å². The summed E-state index contributed by atoms with van der Waals surface area (Å²) in [5, 5.41) is 8.61. The molecular formula is C7H7O3S-. The lowest BCUT2D eigenvalue weighted by atomic mass is 10.2. The van der Waals surface area contributed by atoms with Crippen LogP contribution in [0.25, 0.3) is 0 Å². The number of aliphatic hydroxyl groups is 1. The maximum absolute atomic E-state index is 10.3. The second-order valence-electron chi connectivity index (χ2n) is 2.04. The van der Waals surface area contributed by atoms with Crippen LogP contribution in [0.3, 0.4) is 0 Å². The molecule has 0 spiro atoms. The molecule has 0 aliphatic heterocycles. The van der Waals surface area contributed by atoms with Crippen molar-refractivity contribution >= 4 is 11.1 Å². The monoisotopic (exact) mass is 171 g/mol. The Kier molecular flexibility index (Phi) is 2.76. The Labute approximate surface area is 67.0 Å². The first kappa shape index (κ1) is 8.39. The van der Waals surface area contributed by atoms with Gasteiger partial charge in [-0.3, -0.25) is 4.21 Å². The zero-order valence-corrected chi connectivity index (χ0v) is 6.50. The van der Waals surface area contributed by atoms with Gasteiger partial charge in [-0.2, -0.15) is 0 Å². The van der Waals surface area contributed by atoms with Crippen LogP contribution >= 0.6 is 0 Å². The van der Waals surface area contributed by atoms with E-state index in [1.54, 1.807) is 12.1 Å². The van der Waals surface area contributed by atoms with Crippen molar-refractivity contribution in [3.05, 3.63) is 29.8 Å². The highest BCUT2D eigenvalue weighted by Gasteiger charge is 1.91. The molecule has 0 saturated carbocycles. The molecule has 1 N–H and O–H groups in total. The molecule has 1 unspecified atom stereocenters. The number of aliphatic hydroxyl groups excluding tert-OH is 1. The summed E-state index contributed by atoms with van der Waals surface area (Å²) in [6, 6.07) is 6.06. The summed E-state index contributed by atoms with van der Waals surface area (Å²) in [5.74, 6) is 0. The van der Waals surface area contributed by atoms with Crippen LogP contribution in [0.15, 0.2) is 29.2 Å². The minimum Gasteiger partial charge on any atom is -0.768 e. The molecule has 0 aliphatic carbocycles. The molecule has 11 heavy (non-hydrogen) atoms. The van der Waals surface area contributed by atoms with Gasteiger partial charge in [-0.25, -0.2) is 0 Å². The molecule has 0 saturated heterocycles. The summed E-state index contributed by atoms with van der Waals surface area (Å²) >= 11 is -2.17. The molecule has 1 atom stereocenters. The van der Waals surface area contributed by atoms with Gasteiger partial charge in [0.25, 0.3) is 0 Å². The Balaban J connectivity index is 2.91. The van der Waals surface area contributed by atoms with Crippen LogP contribution in [0.5, 0.6) is 0 Å². The first-order valence-electron chi connectivity index (χ1n) is 3.03. The van der Waals surface area contributed by atoms with E-state index in [1.807, 2.05) is 0 Å². The quantitative estimate of drug-likeness (QED) is 0.656. The fourth-order valence-corrected chi connectivity index (χ4v) is 1.06. The molecule has 60 valence electrons. The summed E-state index contributed by atoms with van der Waals surface area (Å²) in [7, 11) is 0. The van der Waals surface area contributed by atoms with Crippen molar-refractivity contribution in [1.82, 2.24) is 0 Å². The number of benzene rings is 1. The third-order valence-electron chi connectivity index (χ3n) is 1.30. The minimum atomic E-state index is -2.17. The highest BCUT2D eigenvalue weighted by Crippen LogP contribution is 2.06. The highest BCUT2D eigenvalue weighted by atomic mass is 32.2. The highest BCUT2D eigenvalue weighted by molar-refractivity contribution is 7.79. The minimum absolute atomic E-state index is 0.0637. The summed E-state index contributed by atoms with van der Waals surface area (Å²) in [5.41, 5.74) is 0.708. The molecule has 0 radical (unpaired) electrons. The van der Waals surface area contributed by atoms with Crippen molar-refractivity contribution in [2.75, 3.05) is 0 Å². The Morgan fingerprint density at radius 2 is 1.91 bits per heavy atom. The van der Waals surface area contributed by atoms with E-state index < -0.39 is 11.1 Å². The largest absolute Gasteiger partial charge is 0.768 e. The van der Waals surface area contributed by atoms with Crippen LogP contribution in [-0.2, 0) is 17.7 Å². The van der Waals surface area contributed by atoms with Gasteiger partial charge in [0, 0.05) is 4.90 Å². The third kappa shape index (κ3) is 2.11. The molecule has 1 aromatic carbocycles. The van der Waals surface area contributed by atoms with Crippen LogP contribution < -0.4 is 0 Å². The predicted molar refractivity (Wildman–Crippen MR) is 39.6 cm³/mol. The smallest absolute Gasteiger partial charge is 0.0681 e. The Hall–Kier alpha value is -0.710. The SMILES string of the molecule is O=S([O-])c1ccc(CO)cc1. The van der Waals surface area contributed by atoms with E-state index in [-0.39, 0.29) is 11.5 Å². The van der Waals surface area contributed by atoms with Crippen LogP contribution in [0, 0.1) is 0 Å². The number of rotatable bonds is 2. The average molecular weight is 171 g/mol. The summed E-state index contributed by atoms with van der Waals surface area (Å²) in [6.07, 6.45) is 0. The first-order valence-corrected chi connectivity index (χ1v) is 4.10. The van der Waals surface area contributed by atoms with E-state index in [1.165, 1.54) is 12.1 Å². The molecule has 1 aromatic rings. The topological polar surface area (TPSA) is 60.4 Å². The summed E-state index contributed by atoms with van der Waals surface area (Å²) < 4.78 is 20.7. The molecule has 0 aromatic heterocycles. The van der Waals surface area contributed by atoms with Gasteiger partial charge in [0.05, 0.1) is 6.61 Å². The van der Waals surface area contributed by atoms with Crippen LogP contribution in [0.4, 0.5) is 0 Å². The van der Waals surface area contributed by atoms with Gasteiger partial charge in [-0.05, 0) is 28.8 Å². The normalized spacial score (nSPS) is 12.9. The second-order valence-corrected chi connectivity index (χ2v) is 2.98. The van der Waals surface area contributed by atoms with Crippen molar-refractivity contribution in [3.8, 4) is 0 Å². The van der Waals surface area contributed by atoms with Gasteiger partial charge >= 0.3 is 0 Å². The average Bonchev–Trinajstić information content (AvgIpc) is 2.05. The molecule has 0 amide bonds. The molecule has 0 bridgehead atoms. The van der Waals surface area contributed by atoms with Crippen molar-refractivity contribution in [2.45, 2.75) is 11.5 Å².